The number of nitrogens with zero attached hydrogens (tertiary/aromatic N) is 3. The standard InChI is InChI=1S/C66H79N3O14/c1-5-63(70)76-39-15-9-7-13-37-74-57-27-31-59(32-28-57)80-65(72)51-23-21-50(22-24-51)47-79-83-62-36-35-61(43-55(62)45-68-69(48(3)44-67-4)56-41-53-17-11-12-18-54(53)42-56)81-66(73)52-25-19-49(20-26-52)46-78-82-60-33-29-58(30-34-60)75-38-14-8-10-16-40-77-64(71)6-2/h5-6,11-12,17-18,27-36,41,43,45,48-52H,1-2,7-10,13-16,19-26,37-40,42,44,46-47H2,3H3/b68-45+. The number of unbranched alkanes of at least 4 members (excludes halogenated alkanes) is 6. The number of esters is 4. The molecule has 0 saturated heterocycles. The van der Waals surface area contributed by atoms with Crippen molar-refractivity contribution in [2.24, 2.45) is 28.8 Å². The van der Waals surface area contributed by atoms with E-state index in [9.17, 15) is 19.2 Å². The monoisotopic (exact) mass is 1140 g/mol. The molecule has 0 spiro atoms. The van der Waals surface area contributed by atoms with Crippen LogP contribution < -0.4 is 28.7 Å². The van der Waals surface area contributed by atoms with E-state index < -0.39 is 11.9 Å². The molecule has 17 heteroatoms. The van der Waals surface area contributed by atoms with Crippen molar-refractivity contribution in [3.8, 4) is 34.5 Å². The van der Waals surface area contributed by atoms with E-state index in [0.717, 1.165) is 100 Å². The summed E-state index contributed by atoms with van der Waals surface area (Å²) < 4.78 is 33.5. The van der Waals surface area contributed by atoms with Crippen LogP contribution in [0.2, 0.25) is 0 Å². The first-order valence-electron chi connectivity index (χ1n) is 29.2. The Bertz CT molecular complexity index is 2810. The second-order valence-electron chi connectivity index (χ2n) is 21.2. The number of fused-ring (bicyclic) bond motifs is 1. The van der Waals surface area contributed by atoms with Gasteiger partial charge in [0.1, 0.15) is 29.0 Å². The van der Waals surface area contributed by atoms with Crippen molar-refractivity contribution in [2.45, 2.75) is 122 Å². The van der Waals surface area contributed by atoms with E-state index in [1.807, 2.05) is 36.2 Å². The fourth-order valence-corrected chi connectivity index (χ4v) is 10.1. The van der Waals surface area contributed by atoms with Gasteiger partial charge in [-0.3, -0.25) is 14.6 Å². The van der Waals surface area contributed by atoms with E-state index in [1.165, 1.54) is 11.6 Å². The number of ether oxygens (including phenoxy) is 6. The topological polar surface area (TPSA) is 181 Å². The van der Waals surface area contributed by atoms with Crippen molar-refractivity contribution < 1.29 is 67.1 Å². The van der Waals surface area contributed by atoms with Gasteiger partial charge >= 0.3 is 23.9 Å². The van der Waals surface area contributed by atoms with Crippen LogP contribution in [0.3, 0.4) is 0 Å². The van der Waals surface area contributed by atoms with Gasteiger partial charge in [-0.2, -0.15) is 14.9 Å². The Morgan fingerprint density at radius 2 is 1.11 bits per heavy atom. The maximum atomic E-state index is 13.7. The molecule has 3 aliphatic rings. The molecular formula is C66H79N3O14. The van der Waals surface area contributed by atoms with Crippen molar-refractivity contribution >= 4 is 36.2 Å². The number of hydrogen-bond donors (Lipinski definition) is 0. The second kappa shape index (κ2) is 34.5. The first kappa shape index (κ1) is 62.7. The van der Waals surface area contributed by atoms with E-state index in [2.05, 4.69) is 36.2 Å². The molecule has 7 rings (SSSR count). The molecule has 83 heavy (non-hydrogen) atoms. The lowest BCUT2D eigenvalue weighted by Gasteiger charge is -2.27. The van der Waals surface area contributed by atoms with Crippen LogP contribution in [0.25, 0.3) is 10.9 Å². The molecule has 1 atom stereocenters. The number of carbonyl (C=O) groups excluding carboxylic acids is 4. The predicted octanol–water partition coefficient (Wildman–Crippen LogP) is 13.0. The summed E-state index contributed by atoms with van der Waals surface area (Å²) in [6, 6.07) is 27.4. The maximum Gasteiger partial charge on any atom is 0.330 e. The lowest BCUT2D eigenvalue weighted by molar-refractivity contribution is -0.218. The fraction of sp³-hybridized carbons (Fsp3) is 0.455. The van der Waals surface area contributed by atoms with Crippen molar-refractivity contribution in [3.05, 3.63) is 150 Å². The van der Waals surface area contributed by atoms with Gasteiger partial charge in [0.2, 0.25) is 6.54 Å². The third kappa shape index (κ3) is 21.4. The molecule has 4 aromatic carbocycles. The smallest absolute Gasteiger partial charge is 0.330 e. The molecule has 0 aromatic heterocycles. The zero-order valence-electron chi connectivity index (χ0n) is 47.8. The van der Waals surface area contributed by atoms with Crippen LogP contribution >= 0.6 is 0 Å². The molecule has 442 valence electrons. The van der Waals surface area contributed by atoms with Gasteiger partial charge in [0, 0.05) is 29.8 Å². The summed E-state index contributed by atoms with van der Waals surface area (Å²) in [5.74, 6) is 1.67. The third-order valence-electron chi connectivity index (χ3n) is 14.9. The third-order valence-corrected chi connectivity index (χ3v) is 14.9. The molecule has 0 amide bonds. The van der Waals surface area contributed by atoms with Crippen molar-refractivity contribution in [1.29, 1.82) is 0 Å². The minimum absolute atomic E-state index is 0.152. The molecule has 1 unspecified atom stereocenters. The average Bonchev–Trinajstić information content (AvgIpc) is 4.16. The Hall–Kier alpha value is -7.94. The van der Waals surface area contributed by atoms with Gasteiger partial charge in [0.15, 0.2) is 11.5 Å². The summed E-state index contributed by atoms with van der Waals surface area (Å²) in [4.78, 5) is 76.0. The highest BCUT2D eigenvalue weighted by Gasteiger charge is 2.31. The Labute approximate surface area is 488 Å². The molecule has 0 N–H and O–H groups in total. The van der Waals surface area contributed by atoms with E-state index >= 15 is 0 Å². The largest absolute Gasteiger partial charge is 0.494 e. The molecule has 2 fully saturated rings. The van der Waals surface area contributed by atoms with Crippen LogP contribution in [0.5, 0.6) is 34.5 Å². The highest BCUT2D eigenvalue weighted by Crippen LogP contribution is 2.35. The molecule has 2 saturated carbocycles. The quantitative estimate of drug-likeness (QED) is 0.00620. The normalized spacial score (nSPS) is 17.6. The Kier molecular flexibility index (Phi) is 26.0. The predicted molar refractivity (Wildman–Crippen MR) is 313 cm³/mol. The SMILES string of the molecule is [C-]#[N+]CC(C)N(/N=C/c1cc(OC(=O)C2CCC(COOc3ccc(OCCCCCCOC(=O)C=C)cc3)CC2)ccc1OOCC1CCC(C(=O)Oc2ccc(OCCCCCCOC(=O)C=C)cc2)CC1)C1=Cc2ccccc2C1. The van der Waals surface area contributed by atoms with Crippen LogP contribution in [-0.4, -0.2) is 87.3 Å². The van der Waals surface area contributed by atoms with Gasteiger partial charge in [0.05, 0.1) is 57.7 Å². The highest BCUT2D eigenvalue weighted by atomic mass is 17.2. The first-order chi connectivity index (χ1) is 40.6. The average molecular weight is 1140 g/mol. The van der Waals surface area contributed by atoms with Gasteiger partial charge in [-0.05, 0) is 205 Å². The summed E-state index contributed by atoms with van der Waals surface area (Å²) in [6.45, 7) is 19.2. The van der Waals surface area contributed by atoms with Crippen LogP contribution in [0, 0.1) is 30.2 Å². The molecule has 0 aliphatic heterocycles. The maximum absolute atomic E-state index is 13.7. The number of allylic oxidation sites excluding steroid dienone is 1. The Morgan fingerprint density at radius 1 is 0.614 bits per heavy atom. The van der Waals surface area contributed by atoms with Crippen molar-refractivity contribution in [1.82, 2.24) is 5.01 Å². The Morgan fingerprint density at radius 3 is 1.65 bits per heavy atom. The van der Waals surface area contributed by atoms with Gasteiger partial charge < -0.3 is 43.0 Å². The van der Waals surface area contributed by atoms with Crippen LogP contribution in [0.1, 0.15) is 126 Å². The van der Waals surface area contributed by atoms with E-state index in [4.69, 9.17) is 59.6 Å². The number of rotatable bonds is 35. The molecule has 0 radical (unpaired) electrons. The first-order valence-corrected chi connectivity index (χ1v) is 29.2. The zero-order valence-corrected chi connectivity index (χ0v) is 47.8. The van der Waals surface area contributed by atoms with Crippen LogP contribution in [-0.2, 0) is 44.8 Å². The molecule has 0 heterocycles. The van der Waals surface area contributed by atoms with E-state index in [1.54, 1.807) is 60.8 Å². The fourth-order valence-electron chi connectivity index (χ4n) is 10.1. The minimum Gasteiger partial charge on any atom is -0.494 e. The zero-order chi connectivity index (χ0) is 58.4. The summed E-state index contributed by atoms with van der Waals surface area (Å²) in [7, 11) is 0. The van der Waals surface area contributed by atoms with E-state index in [0.29, 0.717) is 106 Å². The second-order valence-corrected chi connectivity index (χ2v) is 21.2. The lowest BCUT2D eigenvalue weighted by Crippen LogP contribution is -2.30. The van der Waals surface area contributed by atoms with Crippen molar-refractivity contribution in [3.63, 3.8) is 0 Å². The number of hydrogen-bond acceptors (Lipinski definition) is 16. The lowest BCUT2D eigenvalue weighted by atomic mass is 9.82. The molecular weight excluding hydrogens is 1060 g/mol. The highest BCUT2D eigenvalue weighted by molar-refractivity contribution is 5.85. The van der Waals surface area contributed by atoms with Gasteiger partial charge in [-0.1, -0.05) is 37.4 Å². The molecule has 4 aromatic rings. The summed E-state index contributed by atoms with van der Waals surface area (Å²) in [6.07, 6.45) is 19.6. The molecule has 3 aliphatic carbocycles. The molecule has 17 nitrogen and oxygen atoms in total. The molecule has 0 bridgehead atoms. The number of carbonyl (C=O) groups is 4. The van der Waals surface area contributed by atoms with Gasteiger partial charge in [-0.15, -0.1) is 0 Å². The van der Waals surface area contributed by atoms with Crippen molar-refractivity contribution in [2.75, 3.05) is 46.2 Å². The summed E-state index contributed by atoms with van der Waals surface area (Å²) in [5.41, 5.74) is 3.77. The van der Waals surface area contributed by atoms with Crippen LogP contribution in [0.4, 0.5) is 0 Å². The van der Waals surface area contributed by atoms with Gasteiger partial charge in [0.25, 0.3) is 0 Å². The van der Waals surface area contributed by atoms with Gasteiger partial charge in [-0.25, -0.2) is 16.2 Å². The Balaban J connectivity index is 0.856. The minimum atomic E-state index is -0.403. The summed E-state index contributed by atoms with van der Waals surface area (Å²) >= 11 is 0. The van der Waals surface area contributed by atoms with Crippen LogP contribution in [0.15, 0.2) is 127 Å². The number of benzene rings is 4. The number of hydrazone groups is 1. The summed E-state index contributed by atoms with van der Waals surface area (Å²) in [5, 5.41) is 6.81. The van der Waals surface area contributed by atoms with E-state index in [-0.39, 0.29) is 48.2 Å².